The summed E-state index contributed by atoms with van der Waals surface area (Å²) in [6.07, 6.45) is 0. The molecule has 3 rings (SSSR count). The topological polar surface area (TPSA) is 82.4 Å². The number of hydrogen-bond acceptors (Lipinski definition) is 7. The Morgan fingerprint density at radius 1 is 1.14 bits per heavy atom. The maximum atomic E-state index is 12.7. The summed E-state index contributed by atoms with van der Waals surface area (Å²) in [4.78, 5) is 14.5. The van der Waals surface area contributed by atoms with E-state index in [0.29, 0.717) is 35.4 Å². The number of carbonyl (C=O) groups excluding carboxylic acids is 1. The van der Waals surface area contributed by atoms with E-state index in [1.54, 1.807) is 37.1 Å². The van der Waals surface area contributed by atoms with Gasteiger partial charge in [0.05, 0.1) is 20.0 Å². The second-order valence-corrected chi connectivity index (χ2v) is 7.04. The molecule has 1 heterocycles. The summed E-state index contributed by atoms with van der Waals surface area (Å²) in [5, 5.41) is 12.4. The highest BCUT2D eigenvalue weighted by Crippen LogP contribution is 2.29. The van der Waals surface area contributed by atoms with Crippen molar-refractivity contribution in [1.82, 2.24) is 25.1 Å². The molecule has 1 amide bonds. The number of amides is 1. The number of nitrogens with zero attached hydrogens (tertiary/aromatic N) is 5. The second kappa shape index (κ2) is 9.92. The third-order valence-electron chi connectivity index (χ3n) is 4.33. The number of rotatable bonds is 9. The van der Waals surface area contributed by atoms with E-state index in [9.17, 15) is 4.79 Å². The molecule has 0 saturated carbocycles. The van der Waals surface area contributed by atoms with Gasteiger partial charge in [-0.2, -0.15) is 4.68 Å². The number of thioether (sulfide) groups is 1. The van der Waals surface area contributed by atoms with Crippen LogP contribution >= 0.6 is 11.8 Å². The molecule has 0 radical (unpaired) electrons. The molecule has 0 aliphatic rings. The highest BCUT2D eigenvalue weighted by atomic mass is 32.2. The van der Waals surface area contributed by atoms with Gasteiger partial charge >= 0.3 is 0 Å². The number of methoxy groups -OCH3 is 2. The average Bonchev–Trinajstić information content (AvgIpc) is 3.24. The number of ether oxygens (including phenoxy) is 2. The van der Waals surface area contributed by atoms with Crippen LogP contribution in [0.3, 0.4) is 0 Å². The van der Waals surface area contributed by atoms with Gasteiger partial charge in [-0.15, -0.1) is 5.10 Å². The number of tetrazole rings is 1. The van der Waals surface area contributed by atoms with Gasteiger partial charge in [-0.25, -0.2) is 0 Å². The van der Waals surface area contributed by atoms with Crippen molar-refractivity contribution in [1.29, 1.82) is 0 Å². The van der Waals surface area contributed by atoms with Crippen molar-refractivity contribution in [3.63, 3.8) is 0 Å². The van der Waals surface area contributed by atoms with Gasteiger partial charge in [-0.3, -0.25) is 4.79 Å². The van der Waals surface area contributed by atoms with Crippen LogP contribution in [0.5, 0.6) is 11.5 Å². The predicted molar refractivity (Wildman–Crippen MR) is 111 cm³/mol. The summed E-state index contributed by atoms with van der Waals surface area (Å²) in [5.41, 5.74) is 1.74. The quantitative estimate of drug-likeness (QED) is 0.499. The monoisotopic (exact) mass is 413 g/mol. The average molecular weight is 414 g/mol. The first-order chi connectivity index (χ1) is 14.2. The van der Waals surface area contributed by atoms with E-state index >= 15 is 0 Å². The smallest absolute Gasteiger partial charge is 0.233 e. The molecule has 8 nitrogen and oxygen atoms in total. The Morgan fingerprint density at radius 2 is 1.93 bits per heavy atom. The lowest BCUT2D eigenvalue weighted by Gasteiger charge is -2.20. The van der Waals surface area contributed by atoms with Crippen LogP contribution in [-0.4, -0.2) is 57.5 Å². The second-order valence-electron chi connectivity index (χ2n) is 6.09. The molecule has 0 atom stereocenters. The van der Waals surface area contributed by atoms with Crippen LogP contribution in [-0.2, 0) is 11.3 Å². The molecule has 152 valence electrons. The van der Waals surface area contributed by atoms with Crippen LogP contribution in [0, 0.1) is 0 Å². The van der Waals surface area contributed by atoms with E-state index < -0.39 is 0 Å². The Morgan fingerprint density at radius 3 is 2.62 bits per heavy atom. The van der Waals surface area contributed by atoms with Crippen LogP contribution in [0.2, 0.25) is 0 Å². The Hall–Kier alpha value is -3.07. The summed E-state index contributed by atoms with van der Waals surface area (Å²) in [5.74, 6) is 1.51. The Labute approximate surface area is 173 Å². The largest absolute Gasteiger partial charge is 0.497 e. The molecule has 0 N–H and O–H groups in total. The highest BCUT2D eigenvalue weighted by Gasteiger charge is 2.18. The first kappa shape index (κ1) is 20.7. The third-order valence-corrected chi connectivity index (χ3v) is 5.23. The summed E-state index contributed by atoms with van der Waals surface area (Å²) in [6.45, 7) is 3.17. The molecule has 0 bridgehead atoms. The van der Waals surface area contributed by atoms with E-state index in [-0.39, 0.29) is 11.7 Å². The van der Waals surface area contributed by atoms with Crippen molar-refractivity contribution in [2.45, 2.75) is 18.6 Å². The number of hydrogen-bond donors (Lipinski definition) is 0. The molecule has 0 fully saturated rings. The minimum absolute atomic E-state index is 0.0218. The molecule has 0 saturated heterocycles. The van der Waals surface area contributed by atoms with Crippen LogP contribution in [0.1, 0.15) is 12.5 Å². The standard InChI is InChI=1S/C20H23N5O3S/c1-4-24(13-15-8-6-5-7-9-15)19(26)14-29-20-21-22-23-25(20)17-12-16(27-2)10-11-18(17)28-3/h5-12H,4,13-14H2,1-3H3. The normalized spacial score (nSPS) is 10.6. The highest BCUT2D eigenvalue weighted by molar-refractivity contribution is 7.99. The van der Waals surface area contributed by atoms with Gasteiger partial charge in [-0.1, -0.05) is 42.1 Å². The first-order valence-corrected chi connectivity index (χ1v) is 10.1. The summed E-state index contributed by atoms with van der Waals surface area (Å²) < 4.78 is 12.3. The van der Waals surface area contributed by atoms with Crippen LogP contribution < -0.4 is 9.47 Å². The van der Waals surface area contributed by atoms with Gasteiger partial charge in [0.1, 0.15) is 17.2 Å². The van der Waals surface area contributed by atoms with Gasteiger partial charge in [0, 0.05) is 19.2 Å². The number of carbonyl (C=O) groups is 1. The van der Waals surface area contributed by atoms with Crippen LogP contribution in [0.4, 0.5) is 0 Å². The van der Waals surface area contributed by atoms with Crippen molar-refractivity contribution in [3.05, 3.63) is 54.1 Å². The molecular formula is C20H23N5O3S. The van der Waals surface area contributed by atoms with E-state index in [4.69, 9.17) is 9.47 Å². The Bertz CT molecular complexity index is 948. The fraction of sp³-hybridized carbons (Fsp3) is 0.300. The third kappa shape index (κ3) is 5.05. The maximum absolute atomic E-state index is 12.7. The van der Waals surface area contributed by atoms with Crippen molar-refractivity contribution < 1.29 is 14.3 Å². The van der Waals surface area contributed by atoms with E-state index in [0.717, 1.165) is 5.56 Å². The molecular weight excluding hydrogens is 390 g/mol. The zero-order chi connectivity index (χ0) is 20.6. The maximum Gasteiger partial charge on any atom is 0.233 e. The van der Waals surface area contributed by atoms with Gasteiger partial charge in [-0.05, 0) is 35.0 Å². The minimum atomic E-state index is 0.0218. The zero-order valence-corrected chi connectivity index (χ0v) is 17.4. The van der Waals surface area contributed by atoms with Crippen LogP contribution in [0.25, 0.3) is 5.69 Å². The summed E-state index contributed by atoms with van der Waals surface area (Å²) >= 11 is 1.28. The lowest BCUT2D eigenvalue weighted by Crippen LogP contribution is -2.31. The van der Waals surface area contributed by atoms with Gasteiger partial charge in [0.15, 0.2) is 0 Å². The van der Waals surface area contributed by atoms with Crippen molar-refractivity contribution in [2.24, 2.45) is 0 Å². The molecule has 29 heavy (non-hydrogen) atoms. The molecule has 9 heteroatoms. The van der Waals surface area contributed by atoms with E-state index in [1.807, 2.05) is 42.2 Å². The number of aromatic nitrogens is 4. The van der Waals surface area contributed by atoms with Crippen molar-refractivity contribution in [2.75, 3.05) is 26.5 Å². The SMILES string of the molecule is CCN(Cc1ccccc1)C(=O)CSc1nnnn1-c1cc(OC)ccc1OC. The lowest BCUT2D eigenvalue weighted by molar-refractivity contribution is -0.128. The van der Waals surface area contributed by atoms with E-state index in [2.05, 4.69) is 15.5 Å². The van der Waals surface area contributed by atoms with Crippen molar-refractivity contribution in [3.8, 4) is 17.2 Å². The predicted octanol–water partition coefficient (Wildman–Crippen LogP) is 2.82. The molecule has 2 aromatic carbocycles. The van der Waals surface area contributed by atoms with Gasteiger partial charge in [0.2, 0.25) is 11.1 Å². The fourth-order valence-electron chi connectivity index (χ4n) is 2.78. The Kier molecular flexibility index (Phi) is 7.07. The van der Waals surface area contributed by atoms with Crippen LogP contribution in [0.15, 0.2) is 53.7 Å². The van der Waals surface area contributed by atoms with Gasteiger partial charge < -0.3 is 14.4 Å². The molecule has 0 aliphatic carbocycles. The zero-order valence-electron chi connectivity index (χ0n) is 16.6. The summed E-state index contributed by atoms with van der Waals surface area (Å²) in [7, 11) is 3.17. The van der Waals surface area contributed by atoms with Crippen molar-refractivity contribution >= 4 is 17.7 Å². The Balaban J connectivity index is 1.72. The fourth-order valence-corrected chi connectivity index (χ4v) is 3.57. The molecule has 0 spiro atoms. The molecule has 0 aliphatic heterocycles. The molecule has 1 aromatic heterocycles. The van der Waals surface area contributed by atoms with E-state index in [1.165, 1.54) is 11.8 Å². The first-order valence-electron chi connectivity index (χ1n) is 9.11. The number of benzene rings is 2. The molecule has 3 aromatic rings. The lowest BCUT2D eigenvalue weighted by atomic mass is 10.2. The molecule has 0 unspecified atom stereocenters. The summed E-state index contributed by atoms with van der Waals surface area (Å²) in [6, 6.07) is 15.3. The minimum Gasteiger partial charge on any atom is -0.497 e. The van der Waals surface area contributed by atoms with Gasteiger partial charge in [0.25, 0.3) is 0 Å².